The summed E-state index contributed by atoms with van der Waals surface area (Å²) in [6, 6.07) is 0. The lowest BCUT2D eigenvalue weighted by molar-refractivity contribution is -0.152. The predicted molar refractivity (Wildman–Crippen MR) is 87.7 cm³/mol. The van der Waals surface area contributed by atoms with E-state index in [2.05, 4.69) is 10.9 Å². The third-order valence-corrected chi connectivity index (χ3v) is 4.70. The smallest absolute Gasteiger partial charge is 0.410 e. The Morgan fingerprint density at radius 3 is 2.79 bits per heavy atom. The van der Waals surface area contributed by atoms with Gasteiger partial charge in [0, 0.05) is 31.2 Å². The SMILES string of the molecule is COC(=O)C12CC3CNNC3=CC1=CCN(C(=O)OC(C)(C)C)C2. The van der Waals surface area contributed by atoms with Crippen LogP contribution in [0.1, 0.15) is 27.2 Å². The zero-order valence-electron chi connectivity index (χ0n) is 14.6. The molecule has 2 N–H and O–H groups in total. The molecule has 7 nitrogen and oxygen atoms in total. The van der Waals surface area contributed by atoms with Crippen LogP contribution < -0.4 is 10.9 Å². The quantitative estimate of drug-likeness (QED) is 0.704. The minimum absolute atomic E-state index is 0.208. The normalized spacial score (nSPS) is 28.8. The molecule has 2 atom stereocenters. The summed E-state index contributed by atoms with van der Waals surface area (Å²) in [6.07, 6.45) is 4.14. The lowest BCUT2D eigenvalue weighted by Gasteiger charge is -2.44. The van der Waals surface area contributed by atoms with E-state index in [0.717, 1.165) is 17.8 Å². The second kappa shape index (κ2) is 5.81. The van der Waals surface area contributed by atoms with Gasteiger partial charge in [-0.15, -0.1) is 0 Å². The summed E-state index contributed by atoms with van der Waals surface area (Å²) in [6.45, 7) is 6.95. The first kappa shape index (κ1) is 16.8. The minimum Gasteiger partial charge on any atom is -0.468 e. The summed E-state index contributed by atoms with van der Waals surface area (Å²) in [4.78, 5) is 26.7. The molecule has 1 saturated heterocycles. The fraction of sp³-hybridized carbons (Fsp3) is 0.647. The van der Waals surface area contributed by atoms with Gasteiger partial charge in [0.2, 0.25) is 0 Å². The highest BCUT2D eigenvalue weighted by atomic mass is 16.6. The molecule has 2 unspecified atom stereocenters. The van der Waals surface area contributed by atoms with Crippen LogP contribution in [0.15, 0.2) is 23.4 Å². The molecule has 132 valence electrons. The summed E-state index contributed by atoms with van der Waals surface area (Å²) in [7, 11) is 1.39. The van der Waals surface area contributed by atoms with Crippen molar-refractivity contribution in [2.24, 2.45) is 11.3 Å². The van der Waals surface area contributed by atoms with Gasteiger partial charge in [0.05, 0.1) is 7.11 Å². The molecule has 24 heavy (non-hydrogen) atoms. The first-order valence-corrected chi connectivity index (χ1v) is 8.23. The van der Waals surface area contributed by atoms with Crippen molar-refractivity contribution in [2.45, 2.75) is 32.8 Å². The number of carbonyl (C=O) groups is 2. The van der Waals surface area contributed by atoms with Crippen molar-refractivity contribution < 1.29 is 19.1 Å². The van der Waals surface area contributed by atoms with Crippen molar-refractivity contribution in [2.75, 3.05) is 26.7 Å². The van der Waals surface area contributed by atoms with Crippen LogP contribution in [-0.4, -0.2) is 49.3 Å². The Morgan fingerprint density at radius 2 is 2.12 bits per heavy atom. The maximum atomic E-state index is 12.7. The summed E-state index contributed by atoms with van der Waals surface area (Å²) in [5, 5.41) is 0. The number of carbonyl (C=O) groups excluding carboxylic acids is 2. The summed E-state index contributed by atoms with van der Waals surface area (Å²) in [5.74, 6) is -0.0935. The Hall–Kier alpha value is -2.02. The number of hydrogen-bond acceptors (Lipinski definition) is 6. The van der Waals surface area contributed by atoms with E-state index in [1.165, 1.54) is 7.11 Å². The number of nitrogens with zero attached hydrogens (tertiary/aromatic N) is 1. The van der Waals surface area contributed by atoms with Gasteiger partial charge in [-0.05, 0) is 38.8 Å². The highest BCUT2D eigenvalue weighted by Gasteiger charge is 2.51. The molecule has 3 aliphatic rings. The molecule has 1 amide bonds. The topological polar surface area (TPSA) is 79.9 Å². The van der Waals surface area contributed by atoms with Crippen LogP contribution in [0.4, 0.5) is 4.79 Å². The number of nitrogens with one attached hydrogen (secondary N) is 2. The maximum Gasteiger partial charge on any atom is 0.410 e. The van der Waals surface area contributed by atoms with Crippen molar-refractivity contribution in [1.29, 1.82) is 0 Å². The van der Waals surface area contributed by atoms with Crippen LogP contribution in [0, 0.1) is 11.3 Å². The van der Waals surface area contributed by atoms with Crippen molar-refractivity contribution >= 4 is 12.1 Å². The first-order chi connectivity index (χ1) is 11.2. The third kappa shape index (κ3) is 2.88. The zero-order valence-corrected chi connectivity index (χ0v) is 14.6. The Morgan fingerprint density at radius 1 is 1.38 bits per heavy atom. The molecule has 0 bridgehead atoms. The van der Waals surface area contributed by atoms with Crippen molar-refractivity contribution in [1.82, 2.24) is 15.8 Å². The summed E-state index contributed by atoms with van der Waals surface area (Å²) < 4.78 is 10.6. The van der Waals surface area contributed by atoms with E-state index in [4.69, 9.17) is 9.47 Å². The van der Waals surface area contributed by atoms with E-state index in [-0.39, 0.29) is 18.4 Å². The Labute approximate surface area is 142 Å². The van der Waals surface area contributed by atoms with Crippen LogP contribution in [0.5, 0.6) is 0 Å². The first-order valence-electron chi connectivity index (χ1n) is 8.23. The monoisotopic (exact) mass is 335 g/mol. The molecule has 2 aliphatic heterocycles. The fourth-order valence-corrected chi connectivity index (χ4v) is 3.60. The fourth-order valence-electron chi connectivity index (χ4n) is 3.60. The minimum atomic E-state index is -0.828. The van der Waals surface area contributed by atoms with Gasteiger partial charge in [-0.2, -0.15) is 0 Å². The molecular weight excluding hydrogens is 310 g/mol. The van der Waals surface area contributed by atoms with Crippen LogP contribution >= 0.6 is 0 Å². The third-order valence-electron chi connectivity index (χ3n) is 4.70. The molecule has 0 aromatic rings. The van der Waals surface area contributed by atoms with Gasteiger partial charge >= 0.3 is 12.1 Å². The highest BCUT2D eigenvalue weighted by molar-refractivity contribution is 5.84. The van der Waals surface area contributed by atoms with Crippen molar-refractivity contribution in [3.63, 3.8) is 0 Å². The van der Waals surface area contributed by atoms with Crippen LogP contribution in [0.3, 0.4) is 0 Å². The van der Waals surface area contributed by atoms with Gasteiger partial charge in [0.1, 0.15) is 11.0 Å². The van der Waals surface area contributed by atoms with Crippen LogP contribution in [0.25, 0.3) is 0 Å². The molecule has 0 aromatic carbocycles. The molecule has 1 aliphatic carbocycles. The largest absolute Gasteiger partial charge is 0.468 e. The van der Waals surface area contributed by atoms with Gasteiger partial charge in [0.25, 0.3) is 0 Å². The standard InChI is InChI=1S/C17H25N3O4/c1-16(2,3)24-15(22)20-6-5-12-7-13-11(9-18-19-13)8-17(12,10-20)14(21)23-4/h5,7,11,18-19H,6,8-10H2,1-4H3. The molecule has 2 heterocycles. The second-order valence-corrected chi connectivity index (χ2v) is 7.60. The maximum absolute atomic E-state index is 12.7. The highest BCUT2D eigenvalue weighted by Crippen LogP contribution is 2.46. The summed E-state index contributed by atoms with van der Waals surface area (Å²) >= 11 is 0. The van der Waals surface area contributed by atoms with E-state index < -0.39 is 17.1 Å². The zero-order chi connectivity index (χ0) is 17.5. The van der Waals surface area contributed by atoms with Gasteiger partial charge in [-0.1, -0.05) is 6.08 Å². The molecule has 3 rings (SSSR count). The van der Waals surface area contributed by atoms with Gasteiger partial charge in [-0.3, -0.25) is 4.79 Å². The molecular formula is C17H25N3O4. The van der Waals surface area contributed by atoms with E-state index in [9.17, 15) is 9.59 Å². The van der Waals surface area contributed by atoms with E-state index in [0.29, 0.717) is 13.0 Å². The lowest BCUT2D eigenvalue weighted by Crippen LogP contribution is -2.53. The van der Waals surface area contributed by atoms with E-state index in [1.54, 1.807) is 4.90 Å². The number of hydrogen-bond donors (Lipinski definition) is 2. The average Bonchev–Trinajstić information content (AvgIpc) is 2.96. The number of allylic oxidation sites excluding steroid dienone is 1. The molecule has 0 saturated carbocycles. The Balaban J connectivity index is 1.91. The number of hydrazine groups is 1. The van der Waals surface area contributed by atoms with Gasteiger partial charge in [0.15, 0.2) is 0 Å². The second-order valence-electron chi connectivity index (χ2n) is 7.60. The summed E-state index contributed by atoms with van der Waals surface area (Å²) in [5.41, 5.74) is 6.86. The van der Waals surface area contributed by atoms with Crippen molar-refractivity contribution in [3.8, 4) is 0 Å². The molecule has 7 heteroatoms. The van der Waals surface area contributed by atoms with E-state index >= 15 is 0 Å². The van der Waals surface area contributed by atoms with Crippen LogP contribution in [0.2, 0.25) is 0 Å². The van der Waals surface area contributed by atoms with Crippen LogP contribution in [-0.2, 0) is 14.3 Å². The number of amides is 1. The van der Waals surface area contributed by atoms with Crippen molar-refractivity contribution in [3.05, 3.63) is 23.4 Å². The number of ether oxygens (including phenoxy) is 2. The van der Waals surface area contributed by atoms with Gasteiger partial charge < -0.3 is 19.8 Å². The Bertz CT molecular complexity index is 620. The van der Waals surface area contributed by atoms with E-state index in [1.807, 2.05) is 32.9 Å². The lowest BCUT2D eigenvalue weighted by atomic mass is 9.67. The average molecular weight is 335 g/mol. The molecule has 1 fully saturated rings. The number of methoxy groups -OCH3 is 1. The molecule has 0 radical (unpaired) electrons. The van der Waals surface area contributed by atoms with Gasteiger partial charge in [-0.25, -0.2) is 10.2 Å². The number of rotatable bonds is 1. The Kier molecular flexibility index (Phi) is 4.07. The molecule has 0 spiro atoms. The molecule has 0 aromatic heterocycles. The number of esters is 1. The predicted octanol–water partition coefficient (Wildman–Crippen LogP) is 1.33. The number of fused-ring (bicyclic) bond motifs is 2.